The molecule has 13 heavy (non-hydrogen) atoms. The summed E-state index contributed by atoms with van der Waals surface area (Å²) >= 11 is 0. The minimum absolute atomic E-state index is 0.385. The van der Waals surface area contributed by atoms with E-state index < -0.39 is 6.55 Å². The second-order valence-corrected chi connectivity index (χ2v) is 3.11. The van der Waals surface area contributed by atoms with Crippen LogP contribution in [0.15, 0.2) is 18.2 Å². The van der Waals surface area contributed by atoms with Gasteiger partial charge in [-0.3, -0.25) is 0 Å². The predicted octanol–water partition coefficient (Wildman–Crippen LogP) is 1.85. The predicted molar refractivity (Wildman–Crippen MR) is 47.9 cm³/mol. The van der Waals surface area contributed by atoms with Gasteiger partial charge in [0.15, 0.2) is 0 Å². The fraction of sp³-hybridized carbons (Fsp3) is 0.333. The van der Waals surface area contributed by atoms with Gasteiger partial charge in [0, 0.05) is 17.9 Å². The van der Waals surface area contributed by atoms with Crippen LogP contribution in [-0.2, 0) is 6.42 Å². The Morgan fingerprint density at radius 2 is 2.15 bits per heavy atom. The smallest absolute Gasteiger partial charge is 0.315 e. The van der Waals surface area contributed by atoms with E-state index in [0.717, 1.165) is 10.5 Å². The summed E-state index contributed by atoms with van der Waals surface area (Å²) in [4.78, 5) is 1.09. The number of nitrogens with two attached hydrogens (primary N) is 1. The third-order valence-electron chi connectivity index (χ3n) is 2.27. The monoisotopic (exact) mass is 184 g/mol. The summed E-state index contributed by atoms with van der Waals surface area (Å²) in [6.45, 7) is -2.03. The van der Waals surface area contributed by atoms with Crippen molar-refractivity contribution in [2.45, 2.75) is 13.0 Å². The molecule has 0 atom stereocenters. The van der Waals surface area contributed by atoms with Crippen LogP contribution in [0.4, 0.5) is 20.2 Å². The van der Waals surface area contributed by atoms with Gasteiger partial charge in [-0.05, 0) is 30.2 Å². The van der Waals surface area contributed by atoms with Crippen LogP contribution in [0.3, 0.4) is 0 Å². The summed E-state index contributed by atoms with van der Waals surface area (Å²) in [5, 5.41) is 0. The molecule has 4 heteroatoms. The molecule has 0 unspecified atom stereocenters. The van der Waals surface area contributed by atoms with Crippen LogP contribution in [0.2, 0.25) is 0 Å². The summed E-state index contributed by atoms with van der Waals surface area (Å²) < 4.78 is 24.8. The molecule has 1 aliphatic rings. The molecule has 1 aromatic rings. The van der Waals surface area contributed by atoms with E-state index in [2.05, 4.69) is 0 Å². The number of hydrogen-bond acceptors (Lipinski definition) is 2. The molecule has 2 N–H and O–H groups in total. The Kier molecular flexibility index (Phi) is 1.83. The van der Waals surface area contributed by atoms with Crippen LogP contribution in [0.5, 0.6) is 0 Å². The number of rotatable bonds is 1. The maximum absolute atomic E-state index is 12.4. The van der Waals surface area contributed by atoms with Gasteiger partial charge in [-0.25, -0.2) is 0 Å². The Balaban J connectivity index is 2.38. The first-order valence-corrected chi connectivity index (χ1v) is 4.11. The molecule has 1 heterocycles. The highest BCUT2D eigenvalue weighted by atomic mass is 19.3. The minimum Gasteiger partial charge on any atom is -0.399 e. The SMILES string of the molecule is Nc1ccc2c(c1)CCN2C(F)F. The van der Waals surface area contributed by atoms with E-state index in [1.54, 1.807) is 18.2 Å². The molecule has 0 fully saturated rings. The van der Waals surface area contributed by atoms with Gasteiger partial charge in [0.2, 0.25) is 0 Å². The van der Waals surface area contributed by atoms with Crippen molar-refractivity contribution in [3.63, 3.8) is 0 Å². The van der Waals surface area contributed by atoms with Crippen molar-refractivity contribution in [2.75, 3.05) is 17.2 Å². The van der Waals surface area contributed by atoms with E-state index in [4.69, 9.17) is 5.73 Å². The van der Waals surface area contributed by atoms with Crippen molar-refractivity contribution in [3.05, 3.63) is 23.8 Å². The largest absolute Gasteiger partial charge is 0.399 e. The molecule has 0 spiro atoms. The first-order chi connectivity index (χ1) is 6.18. The van der Waals surface area contributed by atoms with Crippen LogP contribution in [0, 0.1) is 0 Å². The van der Waals surface area contributed by atoms with Gasteiger partial charge < -0.3 is 10.6 Å². The highest BCUT2D eigenvalue weighted by Crippen LogP contribution is 2.31. The standard InChI is InChI=1S/C9H10F2N2/c10-9(11)13-4-3-6-5-7(12)1-2-8(6)13/h1-2,5,9H,3-4,12H2. The molecule has 2 rings (SSSR count). The molecule has 2 nitrogen and oxygen atoms in total. The lowest BCUT2D eigenvalue weighted by Crippen LogP contribution is -2.26. The molecule has 0 amide bonds. The van der Waals surface area contributed by atoms with Crippen molar-refractivity contribution in [1.82, 2.24) is 0 Å². The maximum Gasteiger partial charge on any atom is 0.315 e. The minimum atomic E-state index is -2.41. The van der Waals surface area contributed by atoms with E-state index in [-0.39, 0.29) is 0 Å². The fourth-order valence-corrected chi connectivity index (χ4v) is 1.65. The van der Waals surface area contributed by atoms with Gasteiger partial charge >= 0.3 is 6.55 Å². The zero-order chi connectivity index (χ0) is 9.42. The average molecular weight is 184 g/mol. The molecule has 0 aromatic heterocycles. The molecule has 0 aliphatic carbocycles. The number of halogens is 2. The van der Waals surface area contributed by atoms with E-state index in [0.29, 0.717) is 24.3 Å². The Labute approximate surface area is 75.0 Å². The maximum atomic E-state index is 12.4. The summed E-state index contributed by atoms with van der Waals surface area (Å²) in [6, 6.07) is 5.07. The van der Waals surface area contributed by atoms with Gasteiger partial charge in [0.25, 0.3) is 0 Å². The van der Waals surface area contributed by atoms with Crippen LogP contribution in [0.1, 0.15) is 5.56 Å². The summed E-state index contributed by atoms with van der Waals surface area (Å²) in [7, 11) is 0. The number of benzene rings is 1. The molecular weight excluding hydrogens is 174 g/mol. The van der Waals surface area contributed by atoms with Crippen molar-refractivity contribution in [3.8, 4) is 0 Å². The highest BCUT2D eigenvalue weighted by molar-refractivity contribution is 5.62. The Bertz CT molecular complexity index is 325. The fourth-order valence-electron chi connectivity index (χ4n) is 1.65. The lowest BCUT2D eigenvalue weighted by molar-refractivity contribution is 0.145. The molecule has 70 valence electrons. The van der Waals surface area contributed by atoms with Gasteiger partial charge in [-0.15, -0.1) is 0 Å². The number of alkyl halides is 2. The zero-order valence-corrected chi connectivity index (χ0v) is 7.00. The molecule has 1 aliphatic heterocycles. The number of hydrogen-bond donors (Lipinski definition) is 1. The Hall–Kier alpha value is -1.32. The first-order valence-electron chi connectivity index (χ1n) is 4.11. The van der Waals surface area contributed by atoms with E-state index >= 15 is 0 Å². The lowest BCUT2D eigenvalue weighted by Gasteiger charge is -2.17. The van der Waals surface area contributed by atoms with Crippen LogP contribution >= 0.6 is 0 Å². The number of fused-ring (bicyclic) bond motifs is 1. The van der Waals surface area contributed by atoms with Gasteiger partial charge in [0.05, 0.1) is 0 Å². The van der Waals surface area contributed by atoms with E-state index in [9.17, 15) is 8.78 Å². The number of anilines is 2. The molecule has 0 bridgehead atoms. The Morgan fingerprint density at radius 3 is 2.85 bits per heavy atom. The summed E-state index contributed by atoms with van der Waals surface area (Å²) in [5.74, 6) is 0. The molecular formula is C9H10F2N2. The van der Waals surface area contributed by atoms with E-state index in [1.807, 2.05) is 0 Å². The summed E-state index contributed by atoms with van der Waals surface area (Å²) in [6.07, 6.45) is 0.657. The molecule has 0 saturated heterocycles. The van der Waals surface area contributed by atoms with Crippen LogP contribution < -0.4 is 10.6 Å². The normalized spacial score (nSPS) is 15.2. The van der Waals surface area contributed by atoms with Crippen LogP contribution in [0.25, 0.3) is 0 Å². The second-order valence-electron chi connectivity index (χ2n) is 3.11. The van der Waals surface area contributed by atoms with Crippen molar-refractivity contribution < 1.29 is 8.78 Å². The van der Waals surface area contributed by atoms with Gasteiger partial charge in [-0.1, -0.05) is 0 Å². The van der Waals surface area contributed by atoms with Gasteiger partial charge in [0.1, 0.15) is 0 Å². The van der Waals surface area contributed by atoms with Crippen molar-refractivity contribution >= 4 is 11.4 Å². The number of nitrogens with zero attached hydrogens (tertiary/aromatic N) is 1. The second kappa shape index (κ2) is 2.87. The molecule has 1 aromatic carbocycles. The lowest BCUT2D eigenvalue weighted by atomic mass is 10.1. The number of nitrogen functional groups attached to an aromatic ring is 1. The first kappa shape index (κ1) is 8.29. The molecule has 0 radical (unpaired) electrons. The third-order valence-corrected chi connectivity index (χ3v) is 2.27. The Morgan fingerprint density at radius 1 is 1.38 bits per heavy atom. The van der Waals surface area contributed by atoms with Crippen molar-refractivity contribution in [2.24, 2.45) is 0 Å². The molecule has 0 saturated carbocycles. The van der Waals surface area contributed by atoms with E-state index in [1.165, 1.54) is 0 Å². The third kappa shape index (κ3) is 1.32. The quantitative estimate of drug-likeness (QED) is 0.533. The van der Waals surface area contributed by atoms with Gasteiger partial charge in [-0.2, -0.15) is 8.78 Å². The topological polar surface area (TPSA) is 29.3 Å². The van der Waals surface area contributed by atoms with Crippen molar-refractivity contribution in [1.29, 1.82) is 0 Å². The highest BCUT2D eigenvalue weighted by Gasteiger charge is 2.24. The summed E-state index contributed by atoms with van der Waals surface area (Å²) in [5.41, 5.74) is 7.71. The zero-order valence-electron chi connectivity index (χ0n) is 7.00. The average Bonchev–Trinajstić information content (AvgIpc) is 2.46. The van der Waals surface area contributed by atoms with Crippen LogP contribution in [-0.4, -0.2) is 13.1 Å².